The zero-order chi connectivity index (χ0) is 18.5. The highest BCUT2D eigenvalue weighted by Gasteiger charge is 2.02. The van der Waals surface area contributed by atoms with Gasteiger partial charge in [-0.15, -0.1) is 0 Å². The number of carbonyl (C=O) groups excluding carboxylic acids is 1. The van der Waals surface area contributed by atoms with Crippen molar-refractivity contribution in [1.29, 1.82) is 5.26 Å². The van der Waals surface area contributed by atoms with Crippen LogP contribution in [0.25, 0.3) is 21.8 Å². The molecule has 0 bridgehead atoms. The lowest BCUT2D eigenvalue weighted by Crippen LogP contribution is -1.88. The molecule has 0 unspecified atom stereocenters. The Kier molecular flexibility index (Phi) is 5.71. The fourth-order valence-electron chi connectivity index (χ4n) is 2.40. The van der Waals surface area contributed by atoms with Crippen LogP contribution < -0.4 is 0 Å². The van der Waals surface area contributed by atoms with Gasteiger partial charge in [-0.25, -0.2) is 9.97 Å². The molecule has 0 saturated heterocycles. The van der Waals surface area contributed by atoms with Crippen LogP contribution in [0, 0.1) is 11.3 Å². The molecule has 0 amide bonds. The number of pyridine rings is 2. The van der Waals surface area contributed by atoms with Crippen molar-refractivity contribution in [3.05, 3.63) is 81.0 Å². The Morgan fingerprint density at radius 2 is 1.38 bits per heavy atom. The van der Waals surface area contributed by atoms with Gasteiger partial charge in [0.1, 0.15) is 17.5 Å². The molecule has 0 saturated carbocycles. The third-order valence-corrected chi connectivity index (χ3v) is 4.90. The largest absolute Gasteiger partial charge is 0.296 e. The van der Waals surface area contributed by atoms with E-state index in [-0.39, 0.29) is 0 Å². The molecule has 6 heteroatoms. The van der Waals surface area contributed by atoms with E-state index in [2.05, 4.69) is 41.8 Å². The van der Waals surface area contributed by atoms with Gasteiger partial charge in [-0.2, -0.15) is 5.26 Å². The van der Waals surface area contributed by atoms with Crippen molar-refractivity contribution in [2.75, 3.05) is 0 Å². The lowest BCUT2D eigenvalue weighted by atomic mass is 10.2. The van der Waals surface area contributed by atoms with Crippen molar-refractivity contribution in [3.63, 3.8) is 0 Å². The first-order valence-electron chi connectivity index (χ1n) is 7.58. The van der Waals surface area contributed by atoms with Gasteiger partial charge >= 0.3 is 0 Å². The third kappa shape index (κ3) is 3.96. The van der Waals surface area contributed by atoms with Crippen molar-refractivity contribution in [2.24, 2.45) is 0 Å². The number of carbonyl (C=O) groups is 1. The van der Waals surface area contributed by atoms with Gasteiger partial charge in [-0.1, -0.05) is 52.3 Å². The fourth-order valence-corrected chi connectivity index (χ4v) is 3.52. The fraction of sp³-hybridized carbons (Fsp3) is 0. The van der Waals surface area contributed by atoms with E-state index in [1.54, 1.807) is 12.1 Å². The summed E-state index contributed by atoms with van der Waals surface area (Å²) in [5.74, 6) is 0. The number of benzene rings is 2. The molecule has 0 aliphatic heterocycles. The van der Waals surface area contributed by atoms with E-state index in [0.717, 1.165) is 37.0 Å². The Morgan fingerprint density at radius 3 is 1.96 bits per heavy atom. The predicted molar refractivity (Wildman–Crippen MR) is 109 cm³/mol. The second-order valence-electron chi connectivity index (χ2n) is 5.28. The van der Waals surface area contributed by atoms with Gasteiger partial charge in [0.15, 0.2) is 6.29 Å². The minimum Gasteiger partial charge on any atom is -0.296 e. The maximum atomic E-state index is 10.5. The molecule has 0 fully saturated rings. The van der Waals surface area contributed by atoms with Gasteiger partial charge in [0.25, 0.3) is 0 Å². The predicted octanol–water partition coefficient (Wildman–Crippen LogP) is 5.68. The maximum absolute atomic E-state index is 10.5. The first-order valence-corrected chi connectivity index (χ1v) is 9.17. The highest BCUT2D eigenvalue weighted by molar-refractivity contribution is 9.11. The summed E-state index contributed by atoms with van der Waals surface area (Å²) in [7, 11) is 0. The highest BCUT2D eigenvalue weighted by atomic mass is 79.9. The standard InChI is InChI=1S/C10H5BrN2.C10H6BrNO/c11-9-5-7(6-12)13-10-4-2-1-3-8(9)10;11-9-5-7(6-13)12-10-4-2-1-3-8(9)10/h1-5H;1-6H. The quantitative estimate of drug-likeness (QED) is 0.337. The van der Waals surface area contributed by atoms with Crippen molar-refractivity contribution in [2.45, 2.75) is 0 Å². The average Bonchev–Trinajstić information content (AvgIpc) is 2.68. The molecule has 0 aliphatic rings. The van der Waals surface area contributed by atoms with Gasteiger partial charge in [0.05, 0.1) is 11.0 Å². The molecule has 26 heavy (non-hydrogen) atoms. The van der Waals surface area contributed by atoms with E-state index >= 15 is 0 Å². The lowest BCUT2D eigenvalue weighted by Gasteiger charge is -1.99. The minimum absolute atomic E-state index is 0.436. The number of nitriles is 1. The molecule has 0 spiro atoms. The van der Waals surface area contributed by atoms with Crippen LogP contribution in [-0.2, 0) is 0 Å². The molecule has 0 aliphatic carbocycles. The molecular formula is C20H11Br2N3O. The number of hydrogen-bond donors (Lipinski definition) is 0. The second-order valence-corrected chi connectivity index (χ2v) is 6.99. The molecule has 0 N–H and O–H groups in total. The first kappa shape index (κ1) is 18.2. The number of para-hydroxylation sites is 2. The maximum Gasteiger partial charge on any atom is 0.168 e. The van der Waals surface area contributed by atoms with Gasteiger partial charge in [0.2, 0.25) is 0 Å². The number of nitrogens with zero attached hydrogens (tertiary/aromatic N) is 3. The van der Waals surface area contributed by atoms with Crippen LogP contribution in [0.4, 0.5) is 0 Å². The molecule has 2 heterocycles. The molecule has 4 aromatic rings. The van der Waals surface area contributed by atoms with Gasteiger partial charge in [0, 0.05) is 19.7 Å². The van der Waals surface area contributed by atoms with Gasteiger partial charge in [-0.05, 0) is 40.2 Å². The van der Waals surface area contributed by atoms with E-state index in [1.165, 1.54) is 0 Å². The van der Waals surface area contributed by atoms with Crippen molar-refractivity contribution in [3.8, 4) is 6.07 Å². The topological polar surface area (TPSA) is 66.6 Å². The smallest absolute Gasteiger partial charge is 0.168 e. The first-order chi connectivity index (χ1) is 12.6. The zero-order valence-corrected chi connectivity index (χ0v) is 16.5. The number of halogens is 2. The van der Waals surface area contributed by atoms with Crippen LogP contribution in [0.5, 0.6) is 0 Å². The Bertz CT molecular complexity index is 1150. The van der Waals surface area contributed by atoms with E-state index in [1.807, 2.05) is 54.6 Å². The van der Waals surface area contributed by atoms with E-state index < -0.39 is 0 Å². The number of aldehydes is 1. The minimum atomic E-state index is 0.436. The van der Waals surface area contributed by atoms with E-state index in [0.29, 0.717) is 11.4 Å². The summed E-state index contributed by atoms with van der Waals surface area (Å²) in [5, 5.41) is 10.7. The molecule has 4 nitrogen and oxygen atoms in total. The Hall–Kier alpha value is -2.62. The third-order valence-electron chi connectivity index (χ3n) is 3.59. The molecule has 0 radical (unpaired) electrons. The molecule has 126 valence electrons. The number of fused-ring (bicyclic) bond motifs is 2. The summed E-state index contributed by atoms with van der Waals surface area (Å²) in [6.07, 6.45) is 0.747. The van der Waals surface area contributed by atoms with Crippen molar-refractivity contribution >= 4 is 60.0 Å². The number of rotatable bonds is 1. The highest BCUT2D eigenvalue weighted by Crippen LogP contribution is 2.23. The van der Waals surface area contributed by atoms with Crippen LogP contribution in [0.3, 0.4) is 0 Å². The summed E-state index contributed by atoms with van der Waals surface area (Å²) in [6.45, 7) is 0. The monoisotopic (exact) mass is 467 g/mol. The van der Waals surface area contributed by atoms with Crippen LogP contribution >= 0.6 is 31.9 Å². The van der Waals surface area contributed by atoms with E-state index in [9.17, 15) is 4.79 Å². The molecule has 0 atom stereocenters. The van der Waals surface area contributed by atoms with Crippen LogP contribution in [0.2, 0.25) is 0 Å². The van der Waals surface area contributed by atoms with Crippen LogP contribution in [0.15, 0.2) is 69.6 Å². The normalized spacial score (nSPS) is 10.0. The van der Waals surface area contributed by atoms with Crippen molar-refractivity contribution in [1.82, 2.24) is 9.97 Å². The SMILES string of the molecule is N#Cc1cc(Br)c2ccccc2n1.O=Cc1cc(Br)c2ccccc2n1. The Labute approximate surface area is 166 Å². The molecule has 2 aromatic carbocycles. The molecule has 4 rings (SSSR count). The number of hydrogen-bond acceptors (Lipinski definition) is 4. The lowest BCUT2D eigenvalue weighted by molar-refractivity contribution is 0.111. The van der Waals surface area contributed by atoms with Gasteiger partial charge < -0.3 is 0 Å². The second kappa shape index (κ2) is 8.17. The Balaban J connectivity index is 0.000000151. The summed E-state index contributed by atoms with van der Waals surface area (Å²) in [5.41, 5.74) is 2.56. The summed E-state index contributed by atoms with van der Waals surface area (Å²) in [4.78, 5) is 18.8. The number of aromatic nitrogens is 2. The zero-order valence-electron chi connectivity index (χ0n) is 13.4. The van der Waals surface area contributed by atoms with E-state index in [4.69, 9.17) is 5.26 Å². The molecular weight excluding hydrogens is 458 g/mol. The van der Waals surface area contributed by atoms with Gasteiger partial charge in [-0.3, -0.25) is 4.79 Å². The van der Waals surface area contributed by atoms with Crippen LogP contribution in [0.1, 0.15) is 16.2 Å². The van der Waals surface area contributed by atoms with Crippen molar-refractivity contribution < 1.29 is 4.79 Å². The summed E-state index contributed by atoms with van der Waals surface area (Å²) in [6, 6.07) is 20.8. The van der Waals surface area contributed by atoms with Crippen LogP contribution in [-0.4, -0.2) is 16.3 Å². The average molecular weight is 469 g/mol. The summed E-state index contributed by atoms with van der Waals surface area (Å²) < 4.78 is 1.81. The summed E-state index contributed by atoms with van der Waals surface area (Å²) >= 11 is 6.79. The Morgan fingerprint density at radius 1 is 0.846 bits per heavy atom. The molecule has 2 aromatic heterocycles.